The fraction of sp³-hybridized carbons (Fsp3) is 0.600. The van der Waals surface area contributed by atoms with Crippen LogP contribution in [0.25, 0.3) is 0 Å². The summed E-state index contributed by atoms with van der Waals surface area (Å²) < 4.78 is 0. The Morgan fingerprint density at radius 1 is 1.06 bits per heavy atom. The molecule has 0 radical (unpaired) electrons. The third kappa shape index (κ3) is 4.41. The molecule has 0 saturated heterocycles. The van der Waals surface area contributed by atoms with Crippen LogP contribution in [0.4, 0.5) is 0 Å². The molecule has 0 aliphatic heterocycles. The molecule has 0 aromatic heterocycles. The van der Waals surface area contributed by atoms with Gasteiger partial charge in [-0.15, -0.1) is 0 Å². The van der Waals surface area contributed by atoms with Gasteiger partial charge in [0, 0.05) is 6.54 Å². The fourth-order valence-electron chi connectivity index (χ4n) is 1.89. The molecule has 0 fully saturated rings. The minimum Gasteiger partial charge on any atom is -0.395 e. The van der Waals surface area contributed by atoms with Crippen LogP contribution in [0.3, 0.4) is 0 Å². The molecule has 1 rings (SSSR count). The van der Waals surface area contributed by atoms with E-state index < -0.39 is 0 Å². The second-order valence-electron chi connectivity index (χ2n) is 5.15. The Labute approximate surface area is 110 Å². The lowest BCUT2D eigenvalue weighted by atomic mass is 10.0. The highest BCUT2D eigenvalue weighted by atomic mass is 16.3. The van der Waals surface area contributed by atoms with E-state index in [1.165, 1.54) is 11.1 Å². The standard InChI is InChI=1S/C15H25NO2/c1-12(2)14-6-4-13(5-7-14)8-9-16(3)15(10-17)11-18/h4-7,12,15,17-18H,8-11H2,1-3H3. The van der Waals surface area contributed by atoms with Gasteiger partial charge in [-0.3, -0.25) is 4.90 Å². The molecule has 0 bridgehead atoms. The predicted octanol–water partition coefficient (Wildman–Crippen LogP) is 1.64. The van der Waals surface area contributed by atoms with E-state index in [1.807, 2.05) is 11.9 Å². The van der Waals surface area contributed by atoms with Crippen molar-refractivity contribution >= 4 is 0 Å². The number of nitrogens with zero attached hydrogens (tertiary/aromatic N) is 1. The Balaban J connectivity index is 2.48. The third-order valence-electron chi connectivity index (χ3n) is 3.44. The van der Waals surface area contributed by atoms with Crippen molar-refractivity contribution < 1.29 is 10.2 Å². The fourth-order valence-corrected chi connectivity index (χ4v) is 1.89. The van der Waals surface area contributed by atoms with Crippen molar-refractivity contribution in [3.63, 3.8) is 0 Å². The Morgan fingerprint density at radius 2 is 1.61 bits per heavy atom. The predicted molar refractivity (Wildman–Crippen MR) is 74.8 cm³/mol. The van der Waals surface area contributed by atoms with Crippen molar-refractivity contribution in [2.45, 2.75) is 32.2 Å². The van der Waals surface area contributed by atoms with Crippen LogP contribution in [0.5, 0.6) is 0 Å². The maximum absolute atomic E-state index is 9.09. The van der Waals surface area contributed by atoms with Crippen LogP contribution < -0.4 is 0 Å². The number of hydrogen-bond acceptors (Lipinski definition) is 3. The Morgan fingerprint density at radius 3 is 2.06 bits per heavy atom. The summed E-state index contributed by atoms with van der Waals surface area (Å²) in [6, 6.07) is 8.53. The van der Waals surface area contributed by atoms with Crippen molar-refractivity contribution in [3.8, 4) is 0 Å². The molecule has 0 heterocycles. The van der Waals surface area contributed by atoms with Crippen LogP contribution in [-0.2, 0) is 6.42 Å². The van der Waals surface area contributed by atoms with E-state index in [0.717, 1.165) is 13.0 Å². The zero-order valence-corrected chi connectivity index (χ0v) is 11.6. The number of aliphatic hydroxyl groups excluding tert-OH is 2. The second-order valence-corrected chi connectivity index (χ2v) is 5.15. The molecule has 1 aromatic rings. The quantitative estimate of drug-likeness (QED) is 0.774. The van der Waals surface area contributed by atoms with Gasteiger partial charge in [-0.05, 0) is 30.5 Å². The highest BCUT2D eigenvalue weighted by Gasteiger charge is 2.11. The zero-order valence-electron chi connectivity index (χ0n) is 11.6. The Kier molecular flexibility index (Phi) is 6.33. The van der Waals surface area contributed by atoms with E-state index in [9.17, 15) is 0 Å². The van der Waals surface area contributed by atoms with Crippen LogP contribution in [0, 0.1) is 0 Å². The van der Waals surface area contributed by atoms with Gasteiger partial charge < -0.3 is 10.2 Å². The summed E-state index contributed by atoms with van der Waals surface area (Å²) in [7, 11) is 1.93. The van der Waals surface area contributed by atoms with Crippen LogP contribution in [-0.4, -0.2) is 48.0 Å². The average molecular weight is 251 g/mol. The van der Waals surface area contributed by atoms with Gasteiger partial charge in [0.1, 0.15) is 0 Å². The third-order valence-corrected chi connectivity index (χ3v) is 3.44. The van der Waals surface area contributed by atoms with E-state index >= 15 is 0 Å². The summed E-state index contributed by atoms with van der Waals surface area (Å²) in [6.07, 6.45) is 0.936. The van der Waals surface area contributed by atoms with Crippen LogP contribution in [0.15, 0.2) is 24.3 Å². The first-order valence-electron chi connectivity index (χ1n) is 6.59. The van der Waals surface area contributed by atoms with Crippen molar-refractivity contribution in [2.75, 3.05) is 26.8 Å². The molecule has 0 aliphatic carbocycles. The molecular formula is C15H25NO2. The number of aliphatic hydroxyl groups is 2. The highest BCUT2D eigenvalue weighted by Crippen LogP contribution is 2.15. The summed E-state index contributed by atoms with van der Waals surface area (Å²) >= 11 is 0. The summed E-state index contributed by atoms with van der Waals surface area (Å²) in [5.74, 6) is 0.565. The molecule has 1 aromatic carbocycles. The normalized spacial score (nSPS) is 11.8. The molecule has 0 amide bonds. The van der Waals surface area contributed by atoms with Crippen LogP contribution in [0.1, 0.15) is 30.9 Å². The monoisotopic (exact) mass is 251 g/mol. The lowest BCUT2D eigenvalue weighted by Gasteiger charge is -2.24. The van der Waals surface area contributed by atoms with Gasteiger partial charge >= 0.3 is 0 Å². The molecule has 18 heavy (non-hydrogen) atoms. The molecule has 0 aliphatic rings. The first-order valence-corrected chi connectivity index (χ1v) is 6.59. The maximum atomic E-state index is 9.09. The minimum absolute atomic E-state index is 0.000707. The van der Waals surface area contributed by atoms with Gasteiger partial charge in [0.15, 0.2) is 0 Å². The molecule has 3 heteroatoms. The van der Waals surface area contributed by atoms with Crippen LogP contribution in [0.2, 0.25) is 0 Å². The first-order chi connectivity index (χ1) is 8.58. The summed E-state index contributed by atoms with van der Waals surface area (Å²) in [6.45, 7) is 5.22. The smallest absolute Gasteiger partial charge is 0.0609 e. The number of benzene rings is 1. The minimum atomic E-state index is -0.153. The summed E-state index contributed by atoms with van der Waals surface area (Å²) in [5.41, 5.74) is 2.65. The Hall–Kier alpha value is -0.900. The number of likely N-dealkylation sites (N-methyl/N-ethyl adjacent to an activating group) is 1. The molecule has 2 N–H and O–H groups in total. The summed E-state index contributed by atoms with van der Waals surface area (Å²) in [4.78, 5) is 2.00. The van der Waals surface area contributed by atoms with Gasteiger partial charge in [-0.1, -0.05) is 38.1 Å². The van der Waals surface area contributed by atoms with E-state index in [0.29, 0.717) is 5.92 Å². The number of hydrogen-bond donors (Lipinski definition) is 2. The largest absolute Gasteiger partial charge is 0.395 e. The van der Waals surface area contributed by atoms with Crippen molar-refractivity contribution in [3.05, 3.63) is 35.4 Å². The molecule has 102 valence electrons. The molecule has 0 unspecified atom stereocenters. The van der Waals surface area contributed by atoms with Crippen molar-refractivity contribution in [2.24, 2.45) is 0 Å². The van der Waals surface area contributed by atoms with Gasteiger partial charge in [-0.25, -0.2) is 0 Å². The van der Waals surface area contributed by atoms with E-state index in [2.05, 4.69) is 38.1 Å². The van der Waals surface area contributed by atoms with Gasteiger partial charge in [0.2, 0.25) is 0 Å². The summed E-state index contributed by atoms with van der Waals surface area (Å²) in [5, 5.41) is 18.2. The SMILES string of the molecule is CC(C)c1ccc(CCN(C)C(CO)CO)cc1. The molecule has 0 atom stereocenters. The first kappa shape index (κ1) is 15.2. The second kappa shape index (κ2) is 7.52. The van der Waals surface area contributed by atoms with Gasteiger partial charge in [-0.2, -0.15) is 0 Å². The molecule has 3 nitrogen and oxygen atoms in total. The topological polar surface area (TPSA) is 43.7 Å². The van der Waals surface area contributed by atoms with E-state index in [-0.39, 0.29) is 19.3 Å². The average Bonchev–Trinajstić information content (AvgIpc) is 2.38. The van der Waals surface area contributed by atoms with Crippen molar-refractivity contribution in [1.29, 1.82) is 0 Å². The maximum Gasteiger partial charge on any atom is 0.0609 e. The van der Waals surface area contributed by atoms with Crippen LogP contribution >= 0.6 is 0 Å². The van der Waals surface area contributed by atoms with Gasteiger partial charge in [0.05, 0.1) is 19.3 Å². The van der Waals surface area contributed by atoms with Gasteiger partial charge in [0.25, 0.3) is 0 Å². The van der Waals surface area contributed by atoms with E-state index in [1.54, 1.807) is 0 Å². The zero-order chi connectivity index (χ0) is 13.5. The van der Waals surface area contributed by atoms with Crippen molar-refractivity contribution in [1.82, 2.24) is 4.90 Å². The van der Waals surface area contributed by atoms with E-state index in [4.69, 9.17) is 10.2 Å². The highest BCUT2D eigenvalue weighted by molar-refractivity contribution is 5.24. The number of rotatable bonds is 7. The lowest BCUT2D eigenvalue weighted by molar-refractivity contribution is 0.0925. The molecule has 0 spiro atoms. The Bertz CT molecular complexity index is 331. The lowest BCUT2D eigenvalue weighted by Crippen LogP contribution is -2.38. The molecule has 0 saturated carbocycles. The molecular weight excluding hydrogens is 226 g/mol.